The molecule has 1 aromatic carbocycles. The van der Waals surface area contributed by atoms with Crippen molar-refractivity contribution in [2.45, 2.75) is 65.7 Å². The molecule has 1 aromatic rings. The molecule has 1 aliphatic rings. The second kappa shape index (κ2) is 14.6. The van der Waals surface area contributed by atoms with Crippen LogP contribution < -0.4 is 5.32 Å². The van der Waals surface area contributed by atoms with E-state index >= 15 is 0 Å². The minimum Gasteiger partial charge on any atom is -0.437 e. The number of rotatable bonds is 11. The number of amides is 1. The van der Waals surface area contributed by atoms with Crippen molar-refractivity contribution in [1.82, 2.24) is 9.80 Å². The number of halogens is 3. The van der Waals surface area contributed by atoms with Crippen LogP contribution in [-0.4, -0.2) is 85.9 Å². The Labute approximate surface area is 220 Å². The van der Waals surface area contributed by atoms with E-state index in [1.807, 2.05) is 25.1 Å². The van der Waals surface area contributed by atoms with Crippen LogP contribution in [0, 0.1) is 6.92 Å². The molecule has 2 atom stereocenters. The molecule has 0 aliphatic carbocycles. The Morgan fingerprint density at radius 1 is 1.05 bits per heavy atom. The number of nitrogens with one attached hydrogen (secondary N) is 1. The molecule has 38 heavy (non-hydrogen) atoms. The number of hydrogen-bond donors (Lipinski definition) is 1. The molecule has 214 valence electrons. The number of nitrogens with zero attached hydrogens (tertiary/aromatic N) is 2. The van der Waals surface area contributed by atoms with Gasteiger partial charge in [0.05, 0.1) is 6.61 Å². The Balaban J connectivity index is 1.79. The summed E-state index contributed by atoms with van der Waals surface area (Å²) in [5.74, 6) is -0.505. The third kappa shape index (κ3) is 10.6. The number of aryl methyl sites for hydroxylation is 1. The maximum atomic E-state index is 12.7. The highest BCUT2D eigenvalue weighted by Gasteiger charge is 2.40. The lowest BCUT2D eigenvalue weighted by atomic mass is 10.1. The molecule has 0 aromatic heterocycles. The molecule has 1 saturated heterocycles. The average molecular weight is 548 g/mol. The topological polar surface area (TPSA) is 107 Å². The quantitative estimate of drug-likeness (QED) is 0.186. The van der Waals surface area contributed by atoms with E-state index in [-0.39, 0.29) is 26.1 Å². The number of piperazine rings is 1. The Morgan fingerprint density at radius 2 is 1.74 bits per heavy atom. The average Bonchev–Trinajstić information content (AvgIpc) is 2.83. The van der Waals surface area contributed by atoms with E-state index in [1.165, 1.54) is 11.8 Å². The number of anilines is 1. The molecule has 0 bridgehead atoms. The summed E-state index contributed by atoms with van der Waals surface area (Å²) < 4.78 is 57.0. The van der Waals surface area contributed by atoms with Gasteiger partial charge in [0, 0.05) is 58.3 Å². The van der Waals surface area contributed by atoms with E-state index < -0.39 is 36.8 Å². The van der Waals surface area contributed by atoms with Crippen molar-refractivity contribution in [2.75, 3.05) is 44.6 Å². The number of carbonyl (C=O) groups is 3. The minimum atomic E-state index is -4.59. The number of ether oxygens (including phenoxy) is 4. The van der Waals surface area contributed by atoms with Gasteiger partial charge in [-0.3, -0.25) is 9.69 Å². The van der Waals surface area contributed by atoms with Crippen molar-refractivity contribution in [1.29, 1.82) is 0 Å². The smallest absolute Gasteiger partial charge is 0.437 e. The Morgan fingerprint density at radius 3 is 2.37 bits per heavy atom. The van der Waals surface area contributed by atoms with E-state index in [4.69, 9.17) is 9.47 Å². The van der Waals surface area contributed by atoms with Crippen LogP contribution in [0.15, 0.2) is 18.2 Å². The predicted octanol–water partition coefficient (Wildman–Crippen LogP) is 4.45. The summed E-state index contributed by atoms with van der Waals surface area (Å²) in [5.41, 5.74) is 2.96. The fourth-order valence-electron chi connectivity index (χ4n) is 3.63. The Bertz CT molecular complexity index is 937. The van der Waals surface area contributed by atoms with Crippen molar-refractivity contribution in [3.63, 3.8) is 0 Å². The van der Waals surface area contributed by atoms with Crippen LogP contribution >= 0.6 is 0 Å². The SMILES string of the molecule is CCOC(=O)OC(C)OC(=O)CCCNc1cc(C)ccc1CN1CCN(C(=O)OC(C)C(F)(F)F)CC1. The fraction of sp³-hybridized carbons (Fsp3) is 0.640. The first kappa shape index (κ1) is 31.0. The minimum absolute atomic E-state index is 0.121. The van der Waals surface area contributed by atoms with E-state index in [1.54, 1.807) is 6.92 Å². The van der Waals surface area contributed by atoms with Crippen molar-refractivity contribution >= 4 is 23.9 Å². The van der Waals surface area contributed by atoms with Gasteiger partial charge in [0.2, 0.25) is 6.29 Å². The first-order valence-electron chi connectivity index (χ1n) is 12.5. The fourth-order valence-corrected chi connectivity index (χ4v) is 3.63. The highest BCUT2D eigenvalue weighted by Crippen LogP contribution is 2.24. The second-order valence-electron chi connectivity index (χ2n) is 8.88. The summed E-state index contributed by atoms with van der Waals surface area (Å²) in [4.78, 5) is 38.7. The van der Waals surface area contributed by atoms with Gasteiger partial charge in [-0.25, -0.2) is 9.59 Å². The largest absolute Gasteiger partial charge is 0.511 e. The van der Waals surface area contributed by atoms with Crippen LogP contribution in [0.3, 0.4) is 0 Å². The maximum Gasteiger partial charge on any atom is 0.511 e. The van der Waals surface area contributed by atoms with Crippen LogP contribution in [0.2, 0.25) is 0 Å². The molecule has 0 radical (unpaired) electrons. The summed E-state index contributed by atoms with van der Waals surface area (Å²) in [6.45, 7) is 8.56. The van der Waals surface area contributed by atoms with Crippen LogP contribution in [-0.2, 0) is 30.3 Å². The van der Waals surface area contributed by atoms with E-state index in [9.17, 15) is 27.6 Å². The molecule has 1 N–H and O–H groups in total. The third-order valence-electron chi connectivity index (χ3n) is 5.72. The van der Waals surface area contributed by atoms with Gasteiger partial charge in [-0.05, 0) is 44.4 Å². The molecule has 1 amide bonds. The van der Waals surface area contributed by atoms with Crippen LogP contribution in [0.4, 0.5) is 28.4 Å². The van der Waals surface area contributed by atoms with Crippen molar-refractivity contribution < 1.29 is 46.5 Å². The monoisotopic (exact) mass is 547 g/mol. The molecular formula is C25H36F3N3O7. The zero-order valence-corrected chi connectivity index (χ0v) is 22.1. The number of carbonyl (C=O) groups excluding carboxylic acids is 3. The number of benzene rings is 1. The van der Waals surface area contributed by atoms with Gasteiger partial charge < -0.3 is 29.2 Å². The number of esters is 1. The van der Waals surface area contributed by atoms with Gasteiger partial charge in [0.1, 0.15) is 0 Å². The standard InChI is InChI=1S/C25H36F3N3O7/c1-5-35-24(34)38-19(4)37-22(32)7-6-10-29-21-15-17(2)8-9-20(21)16-30-11-13-31(14-12-30)23(33)36-18(3)25(26,27)28/h8-9,15,18-19,29H,5-7,10-14,16H2,1-4H3. The lowest BCUT2D eigenvalue weighted by Crippen LogP contribution is -2.49. The van der Waals surface area contributed by atoms with Crippen molar-refractivity contribution in [2.24, 2.45) is 0 Å². The molecule has 1 aliphatic heterocycles. The molecule has 10 nitrogen and oxygen atoms in total. The Kier molecular flexibility index (Phi) is 11.9. The molecule has 1 heterocycles. The van der Waals surface area contributed by atoms with E-state index in [0.717, 1.165) is 23.7 Å². The van der Waals surface area contributed by atoms with Crippen molar-refractivity contribution in [3.05, 3.63) is 29.3 Å². The third-order valence-corrected chi connectivity index (χ3v) is 5.72. The van der Waals surface area contributed by atoms with Gasteiger partial charge >= 0.3 is 24.4 Å². The van der Waals surface area contributed by atoms with Crippen LogP contribution in [0.25, 0.3) is 0 Å². The predicted molar refractivity (Wildman–Crippen MR) is 131 cm³/mol. The van der Waals surface area contributed by atoms with Crippen LogP contribution in [0.5, 0.6) is 0 Å². The normalized spacial score (nSPS) is 15.8. The molecule has 2 rings (SSSR count). The van der Waals surface area contributed by atoms with Gasteiger partial charge in [-0.2, -0.15) is 13.2 Å². The van der Waals surface area contributed by atoms with Gasteiger partial charge in [0.15, 0.2) is 6.10 Å². The molecule has 2 unspecified atom stereocenters. The summed E-state index contributed by atoms with van der Waals surface area (Å²) >= 11 is 0. The molecule has 13 heteroatoms. The first-order chi connectivity index (χ1) is 17.9. The second-order valence-corrected chi connectivity index (χ2v) is 8.88. The highest BCUT2D eigenvalue weighted by molar-refractivity contribution is 5.70. The highest BCUT2D eigenvalue weighted by atomic mass is 19.4. The zero-order chi connectivity index (χ0) is 28.3. The molecular weight excluding hydrogens is 511 g/mol. The van der Waals surface area contributed by atoms with Crippen molar-refractivity contribution in [3.8, 4) is 0 Å². The lowest BCUT2D eigenvalue weighted by molar-refractivity contribution is -0.200. The maximum absolute atomic E-state index is 12.7. The van der Waals surface area contributed by atoms with Crippen LogP contribution in [0.1, 0.15) is 44.7 Å². The number of alkyl halides is 3. The zero-order valence-electron chi connectivity index (χ0n) is 22.1. The Hall–Kier alpha value is -3.22. The molecule has 0 spiro atoms. The van der Waals surface area contributed by atoms with Gasteiger partial charge in [0.25, 0.3) is 0 Å². The summed E-state index contributed by atoms with van der Waals surface area (Å²) in [7, 11) is 0. The van der Waals surface area contributed by atoms with Gasteiger partial charge in [-0.15, -0.1) is 0 Å². The van der Waals surface area contributed by atoms with E-state index in [2.05, 4.69) is 19.7 Å². The first-order valence-corrected chi connectivity index (χ1v) is 12.5. The summed E-state index contributed by atoms with van der Waals surface area (Å²) in [6, 6.07) is 5.97. The van der Waals surface area contributed by atoms with Gasteiger partial charge in [-0.1, -0.05) is 12.1 Å². The summed E-state index contributed by atoms with van der Waals surface area (Å²) in [6.07, 6.45) is -9.06. The molecule has 1 fully saturated rings. The summed E-state index contributed by atoms with van der Waals surface area (Å²) in [5, 5.41) is 3.33. The number of hydrogen-bond acceptors (Lipinski definition) is 9. The van der Waals surface area contributed by atoms with E-state index in [0.29, 0.717) is 32.6 Å². The molecule has 0 saturated carbocycles. The lowest BCUT2D eigenvalue weighted by Gasteiger charge is -2.35.